The molecule has 0 amide bonds. The standard InChI is InChI=1S/C16H19Cl2N3/c1-9-13(11-8-10(17)6-7-12(11)18)20-15(16(2,3)4)21-14(9)19-5/h6-8H,1-5H3,(H,19,20,21). The highest BCUT2D eigenvalue weighted by Crippen LogP contribution is 2.34. The third kappa shape index (κ3) is 3.30. The van der Waals surface area contributed by atoms with Gasteiger partial charge in [-0.15, -0.1) is 0 Å². The van der Waals surface area contributed by atoms with Crippen molar-refractivity contribution >= 4 is 29.0 Å². The first kappa shape index (κ1) is 16.1. The van der Waals surface area contributed by atoms with E-state index in [1.165, 1.54) is 0 Å². The number of halogens is 2. The lowest BCUT2D eigenvalue weighted by molar-refractivity contribution is 0.546. The topological polar surface area (TPSA) is 37.8 Å². The number of rotatable bonds is 2. The Bertz CT molecular complexity index is 676. The maximum atomic E-state index is 6.33. The summed E-state index contributed by atoms with van der Waals surface area (Å²) < 4.78 is 0. The number of nitrogens with one attached hydrogen (secondary N) is 1. The number of hydrogen-bond donors (Lipinski definition) is 1. The summed E-state index contributed by atoms with van der Waals surface area (Å²) in [6.07, 6.45) is 0. The summed E-state index contributed by atoms with van der Waals surface area (Å²) in [5.74, 6) is 1.57. The summed E-state index contributed by atoms with van der Waals surface area (Å²) in [5.41, 5.74) is 2.44. The second-order valence-corrected chi connectivity index (χ2v) is 6.84. The Labute approximate surface area is 135 Å². The van der Waals surface area contributed by atoms with Gasteiger partial charge in [0.1, 0.15) is 11.6 Å². The van der Waals surface area contributed by atoms with Crippen molar-refractivity contribution in [2.75, 3.05) is 12.4 Å². The summed E-state index contributed by atoms with van der Waals surface area (Å²) in [6.45, 7) is 8.23. The number of nitrogens with zero attached hydrogens (tertiary/aromatic N) is 2. The molecule has 112 valence electrons. The van der Waals surface area contributed by atoms with Gasteiger partial charge >= 0.3 is 0 Å². The smallest absolute Gasteiger partial charge is 0.136 e. The van der Waals surface area contributed by atoms with Gasteiger partial charge in [0, 0.05) is 28.6 Å². The Morgan fingerprint density at radius 3 is 2.33 bits per heavy atom. The fourth-order valence-corrected chi connectivity index (χ4v) is 2.42. The van der Waals surface area contributed by atoms with Crippen LogP contribution in [0.2, 0.25) is 10.0 Å². The minimum absolute atomic E-state index is 0.154. The van der Waals surface area contributed by atoms with Crippen LogP contribution in [-0.4, -0.2) is 17.0 Å². The molecule has 2 rings (SSSR count). The minimum atomic E-state index is -0.154. The summed E-state index contributed by atoms with van der Waals surface area (Å²) >= 11 is 12.4. The number of anilines is 1. The highest BCUT2D eigenvalue weighted by molar-refractivity contribution is 6.35. The van der Waals surface area contributed by atoms with E-state index in [1.807, 2.05) is 20.0 Å². The number of benzene rings is 1. The Morgan fingerprint density at radius 2 is 1.76 bits per heavy atom. The molecule has 0 unspecified atom stereocenters. The predicted octanol–water partition coefficient (Wildman–Crippen LogP) is 5.10. The van der Waals surface area contributed by atoms with Crippen LogP contribution in [0.3, 0.4) is 0 Å². The molecule has 0 atom stereocenters. The molecule has 3 nitrogen and oxygen atoms in total. The molecule has 21 heavy (non-hydrogen) atoms. The average Bonchev–Trinajstić information content (AvgIpc) is 2.40. The predicted molar refractivity (Wildman–Crippen MR) is 90.5 cm³/mol. The van der Waals surface area contributed by atoms with Crippen molar-refractivity contribution in [2.24, 2.45) is 0 Å². The van der Waals surface area contributed by atoms with E-state index >= 15 is 0 Å². The third-order valence-electron chi connectivity index (χ3n) is 3.24. The largest absolute Gasteiger partial charge is 0.373 e. The van der Waals surface area contributed by atoms with Gasteiger partial charge in [0.2, 0.25) is 0 Å². The van der Waals surface area contributed by atoms with Crippen LogP contribution in [-0.2, 0) is 5.41 Å². The molecule has 1 heterocycles. The van der Waals surface area contributed by atoms with Crippen LogP contribution in [0.5, 0.6) is 0 Å². The van der Waals surface area contributed by atoms with Gasteiger partial charge in [-0.25, -0.2) is 9.97 Å². The number of hydrogen-bond acceptors (Lipinski definition) is 3. The summed E-state index contributed by atoms with van der Waals surface area (Å²) in [4.78, 5) is 9.33. The van der Waals surface area contributed by atoms with Crippen molar-refractivity contribution in [1.29, 1.82) is 0 Å². The summed E-state index contributed by atoms with van der Waals surface area (Å²) in [7, 11) is 1.85. The van der Waals surface area contributed by atoms with E-state index in [1.54, 1.807) is 12.1 Å². The maximum Gasteiger partial charge on any atom is 0.136 e. The fraction of sp³-hybridized carbons (Fsp3) is 0.375. The van der Waals surface area contributed by atoms with Crippen molar-refractivity contribution in [3.8, 4) is 11.3 Å². The van der Waals surface area contributed by atoms with Gasteiger partial charge in [-0.3, -0.25) is 0 Å². The molecule has 0 aliphatic heterocycles. The molecule has 0 saturated heterocycles. The second kappa shape index (κ2) is 5.82. The van der Waals surface area contributed by atoms with Crippen LogP contribution in [0, 0.1) is 6.92 Å². The molecule has 0 fully saturated rings. The summed E-state index contributed by atoms with van der Waals surface area (Å²) in [5, 5.41) is 4.39. The Hall–Kier alpha value is -1.32. The lowest BCUT2D eigenvalue weighted by Gasteiger charge is -2.20. The van der Waals surface area contributed by atoms with Gasteiger partial charge in [0.15, 0.2) is 0 Å². The van der Waals surface area contributed by atoms with Crippen LogP contribution < -0.4 is 5.32 Å². The molecule has 0 radical (unpaired) electrons. The molecule has 0 bridgehead atoms. The van der Waals surface area contributed by atoms with Gasteiger partial charge in [-0.1, -0.05) is 44.0 Å². The second-order valence-electron chi connectivity index (χ2n) is 5.99. The Morgan fingerprint density at radius 1 is 1.10 bits per heavy atom. The first-order chi connectivity index (χ1) is 9.74. The molecule has 0 aliphatic carbocycles. The van der Waals surface area contributed by atoms with Crippen molar-refractivity contribution in [3.63, 3.8) is 0 Å². The van der Waals surface area contributed by atoms with Crippen molar-refractivity contribution in [3.05, 3.63) is 39.6 Å². The fourth-order valence-electron chi connectivity index (χ4n) is 2.04. The van der Waals surface area contributed by atoms with Crippen LogP contribution in [0.25, 0.3) is 11.3 Å². The van der Waals surface area contributed by atoms with E-state index in [2.05, 4.69) is 31.1 Å². The molecule has 5 heteroatoms. The molecule has 2 aromatic rings. The SMILES string of the molecule is CNc1nc(C(C)(C)C)nc(-c2cc(Cl)ccc2Cl)c1C. The van der Waals surface area contributed by atoms with E-state index in [0.29, 0.717) is 10.0 Å². The van der Waals surface area contributed by atoms with E-state index in [0.717, 1.165) is 28.5 Å². The van der Waals surface area contributed by atoms with Crippen LogP contribution in [0.4, 0.5) is 5.82 Å². The lowest BCUT2D eigenvalue weighted by atomic mass is 9.95. The Balaban J connectivity index is 2.75. The first-order valence-corrected chi connectivity index (χ1v) is 7.52. The highest BCUT2D eigenvalue weighted by atomic mass is 35.5. The van der Waals surface area contributed by atoms with Gasteiger partial charge in [-0.05, 0) is 25.1 Å². The molecular weight excluding hydrogens is 305 g/mol. The molecule has 0 spiro atoms. The average molecular weight is 324 g/mol. The van der Waals surface area contributed by atoms with Crippen molar-refractivity contribution in [2.45, 2.75) is 33.1 Å². The summed E-state index contributed by atoms with van der Waals surface area (Å²) in [6, 6.07) is 5.40. The van der Waals surface area contributed by atoms with Crippen LogP contribution >= 0.6 is 23.2 Å². The highest BCUT2D eigenvalue weighted by Gasteiger charge is 2.22. The van der Waals surface area contributed by atoms with E-state index < -0.39 is 0 Å². The van der Waals surface area contributed by atoms with E-state index in [9.17, 15) is 0 Å². The number of aromatic nitrogens is 2. The quantitative estimate of drug-likeness (QED) is 0.835. The zero-order valence-corrected chi connectivity index (χ0v) is 14.4. The molecule has 0 aliphatic rings. The van der Waals surface area contributed by atoms with Gasteiger partial charge in [0.05, 0.1) is 10.7 Å². The first-order valence-electron chi connectivity index (χ1n) is 6.76. The van der Waals surface area contributed by atoms with Gasteiger partial charge < -0.3 is 5.32 Å². The molecule has 1 aromatic carbocycles. The zero-order chi connectivity index (χ0) is 15.8. The van der Waals surface area contributed by atoms with Gasteiger partial charge in [-0.2, -0.15) is 0 Å². The zero-order valence-electron chi connectivity index (χ0n) is 12.9. The van der Waals surface area contributed by atoms with Crippen LogP contribution in [0.1, 0.15) is 32.2 Å². The maximum absolute atomic E-state index is 6.33. The van der Waals surface area contributed by atoms with E-state index in [-0.39, 0.29) is 5.41 Å². The van der Waals surface area contributed by atoms with Gasteiger partial charge in [0.25, 0.3) is 0 Å². The lowest BCUT2D eigenvalue weighted by Crippen LogP contribution is -2.18. The van der Waals surface area contributed by atoms with Crippen molar-refractivity contribution in [1.82, 2.24) is 9.97 Å². The third-order valence-corrected chi connectivity index (χ3v) is 3.80. The molecular formula is C16H19Cl2N3. The minimum Gasteiger partial charge on any atom is -0.373 e. The molecule has 1 aromatic heterocycles. The molecule has 1 N–H and O–H groups in total. The van der Waals surface area contributed by atoms with Crippen molar-refractivity contribution < 1.29 is 0 Å². The normalized spacial score (nSPS) is 11.6. The molecule has 0 saturated carbocycles. The van der Waals surface area contributed by atoms with Crippen LogP contribution in [0.15, 0.2) is 18.2 Å². The van der Waals surface area contributed by atoms with E-state index in [4.69, 9.17) is 28.2 Å². The monoisotopic (exact) mass is 323 g/mol. The Kier molecular flexibility index (Phi) is 4.45.